The third-order valence-electron chi connectivity index (χ3n) is 1.90. The van der Waals surface area contributed by atoms with Gasteiger partial charge in [0.1, 0.15) is 11.6 Å². The van der Waals surface area contributed by atoms with Crippen LogP contribution in [0.15, 0.2) is 12.1 Å². The summed E-state index contributed by atoms with van der Waals surface area (Å²) in [6.07, 6.45) is 0. The van der Waals surface area contributed by atoms with Gasteiger partial charge in [-0.25, -0.2) is 13.6 Å². The molecule has 14 heavy (non-hydrogen) atoms. The van der Waals surface area contributed by atoms with Gasteiger partial charge in [-0.15, -0.1) is 0 Å². The molecule has 1 rings (SSSR count). The smallest absolute Gasteiger partial charge is 0.335 e. The molecule has 0 bridgehead atoms. The van der Waals surface area contributed by atoms with E-state index in [-0.39, 0.29) is 17.0 Å². The number of aromatic carboxylic acids is 1. The molecule has 0 aliphatic carbocycles. The standard InChI is InChI=1S/C10H10F2O2/c1-5(2)9-7(11)3-6(10(13)14)4-8(9)12/h3-5H,1-2H3,(H,13,14). The van der Waals surface area contributed by atoms with Gasteiger partial charge in [0.05, 0.1) is 5.56 Å². The lowest BCUT2D eigenvalue weighted by Crippen LogP contribution is -2.04. The summed E-state index contributed by atoms with van der Waals surface area (Å²) in [5.41, 5.74) is -0.445. The largest absolute Gasteiger partial charge is 0.478 e. The van der Waals surface area contributed by atoms with Crippen molar-refractivity contribution in [3.63, 3.8) is 0 Å². The molecule has 76 valence electrons. The van der Waals surface area contributed by atoms with Gasteiger partial charge in [-0.1, -0.05) is 13.8 Å². The summed E-state index contributed by atoms with van der Waals surface area (Å²) in [7, 11) is 0. The van der Waals surface area contributed by atoms with Crippen LogP contribution in [0.3, 0.4) is 0 Å². The van der Waals surface area contributed by atoms with Crippen LogP contribution in [-0.4, -0.2) is 11.1 Å². The van der Waals surface area contributed by atoms with Gasteiger partial charge >= 0.3 is 5.97 Å². The van der Waals surface area contributed by atoms with E-state index in [0.29, 0.717) is 0 Å². The molecule has 0 atom stereocenters. The summed E-state index contributed by atoms with van der Waals surface area (Å²) in [5.74, 6) is -3.26. The Morgan fingerprint density at radius 1 is 1.29 bits per heavy atom. The van der Waals surface area contributed by atoms with Gasteiger partial charge in [0.2, 0.25) is 0 Å². The minimum atomic E-state index is -1.34. The van der Waals surface area contributed by atoms with Crippen molar-refractivity contribution in [1.29, 1.82) is 0 Å². The Kier molecular flexibility index (Phi) is 2.84. The Morgan fingerprint density at radius 3 is 2.00 bits per heavy atom. The maximum Gasteiger partial charge on any atom is 0.335 e. The van der Waals surface area contributed by atoms with Crippen molar-refractivity contribution in [3.05, 3.63) is 34.9 Å². The molecule has 0 saturated carbocycles. The molecule has 1 N–H and O–H groups in total. The molecule has 1 aromatic carbocycles. The van der Waals surface area contributed by atoms with E-state index in [1.165, 1.54) is 0 Å². The van der Waals surface area contributed by atoms with E-state index in [2.05, 4.69) is 0 Å². The zero-order chi connectivity index (χ0) is 10.9. The van der Waals surface area contributed by atoms with E-state index in [4.69, 9.17) is 5.11 Å². The fourth-order valence-corrected chi connectivity index (χ4v) is 1.26. The molecule has 0 aromatic heterocycles. The first-order valence-electron chi connectivity index (χ1n) is 4.15. The topological polar surface area (TPSA) is 37.3 Å². The quantitative estimate of drug-likeness (QED) is 0.796. The average molecular weight is 200 g/mol. The van der Waals surface area contributed by atoms with E-state index < -0.39 is 17.6 Å². The van der Waals surface area contributed by atoms with Crippen LogP contribution in [-0.2, 0) is 0 Å². The Labute approximate surface area is 80.2 Å². The second-order valence-corrected chi connectivity index (χ2v) is 3.31. The number of carboxylic acid groups (broad SMARTS) is 1. The second-order valence-electron chi connectivity index (χ2n) is 3.31. The van der Waals surface area contributed by atoms with Crippen molar-refractivity contribution < 1.29 is 18.7 Å². The van der Waals surface area contributed by atoms with Crippen LogP contribution in [0.2, 0.25) is 0 Å². The van der Waals surface area contributed by atoms with Crippen LogP contribution >= 0.6 is 0 Å². The van der Waals surface area contributed by atoms with Crippen molar-refractivity contribution in [1.82, 2.24) is 0 Å². The SMILES string of the molecule is CC(C)c1c(F)cc(C(=O)O)cc1F. The first kappa shape index (κ1) is 10.6. The summed E-state index contributed by atoms with van der Waals surface area (Å²) in [5, 5.41) is 8.53. The van der Waals surface area contributed by atoms with E-state index in [1.54, 1.807) is 13.8 Å². The molecule has 0 saturated heterocycles. The highest BCUT2D eigenvalue weighted by atomic mass is 19.1. The minimum Gasteiger partial charge on any atom is -0.478 e. The van der Waals surface area contributed by atoms with E-state index in [0.717, 1.165) is 12.1 Å². The highest BCUT2D eigenvalue weighted by Gasteiger charge is 2.16. The number of halogens is 2. The average Bonchev–Trinajstić information content (AvgIpc) is 2.01. The molecule has 0 unspecified atom stereocenters. The third-order valence-corrected chi connectivity index (χ3v) is 1.90. The third kappa shape index (κ3) is 1.89. The molecule has 0 amide bonds. The Balaban J connectivity index is 3.32. The summed E-state index contributed by atoms with van der Waals surface area (Å²) >= 11 is 0. The van der Waals surface area contributed by atoms with Gasteiger partial charge in [0.25, 0.3) is 0 Å². The first-order chi connectivity index (χ1) is 6.43. The van der Waals surface area contributed by atoms with Crippen molar-refractivity contribution in [2.24, 2.45) is 0 Å². The van der Waals surface area contributed by atoms with Gasteiger partial charge < -0.3 is 5.11 Å². The minimum absolute atomic E-state index is 0.0741. The van der Waals surface area contributed by atoms with Crippen LogP contribution in [0.25, 0.3) is 0 Å². The molecule has 0 fully saturated rings. The van der Waals surface area contributed by atoms with Crippen LogP contribution in [0.4, 0.5) is 8.78 Å². The molecule has 0 heterocycles. The van der Waals surface area contributed by atoms with E-state index in [1.807, 2.05) is 0 Å². The van der Waals surface area contributed by atoms with Crippen molar-refractivity contribution in [3.8, 4) is 0 Å². The van der Waals surface area contributed by atoms with Gasteiger partial charge in [-0.3, -0.25) is 0 Å². The molecule has 0 radical (unpaired) electrons. The number of carboxylic acids is 1. The van der Waals surface area contributed by atoms with Crippen LogP contribution in [0.5, 0.6) is 0 Å². The number of hydrogen-bond acceptors (Lipinski definition) is 1. The molecule has 2 nitrogen and oxygen atoms in total. The van der Waals surface area contributed by atoms with Crippen LogP contribution < -0.4 is 0 Å². The number of benzene rings is 1. The second kappa shape index (κ2) is 3.74. The Bertz CT molecular complexity index is 349. The zero-order valence-corrected chi connectivity index (χ0v) is 7.84. The fourth-order valence-electron chi connectivity index (χ4n) is 1.26. The lowest BCUT2D eigenvalue weighted by molar-refractivity contribution is 0.0695. The molecular weight excluding hydrogens is 190 g/mol. The van der Waals surface area contributed by atoms with Crippen molar-refractivity contribution in [2.45, 2.75) is 19.8 Å². The lowest BCUT2D eigenvalue weighted by atomic mass is 10.00. The van der Waals surface area contributed by atoms with E-state index in [9.17, 15) is 13.6 Å². The summed E-state index contributed by atoms with van der Waals surface area (Å²) < 4.78 is 26.4. The highest BCUT2D eigenvalue weighted by Crippen LogP contribution is 2.23. The van der Waals surface area contributed by atoms with Gasteiger partial charge in [-0.2, -0.15) is 0 Å². The van der Waals surface area contributed by atoms with Gasteiger partial charge in [0.15, 0.2) is 0 Å². The number of rotatable bonds is 2. The maximum atomic E-state index is 13.2. The summed E-state index contributed by atoms with van der Waals surface area (Å²) in [6.45, 7) is 3.28. The molecule has 4 heteroatoms. The maximum absolute atomic E-state index is 13.2. The van der Waals surface area contributed by atoms with Crippen LogP contribution in [0, 0.1) is 11.6 Å². The predicted octanol–water partition coefficient (Wildman–Crippen LogP) is 2.79. The molecule has 0 spiro atoms. The van der Waals surface area contributed by atoms with Crippen LogP contribution in [0.1, 0.15) is 35.7 Å². The summed E-state index contributed by atoms with van der Waals surface area (Å²) in [6, 6.07) is 1.67. The highest BCUT2D eigenvalue weighted by molar-refractivity contribution is 5.87. The van der Waals surface area contributed by atoms with Crippen molar-refractivity contribution in [2.75, 3.05) is 0 Å². The molecular formula is C10H10F2O2. The normalized spacial score (nSPS) is 10.6. The summed E-state index contributed by atoms with van der Waals surface area (Å²) in [4.78, 5) is 10.5. The molecule has 1 aromatic rings. The first-order valence-corrected chi connectivity index (χ1v) is 4.15. The predicted molar refractivity (Wildman–Crippen MR) is 47.4 cm³/mol. The van der Waals surface area contributed by atoms with Crippen molar-refractivity contribution >= 4 is 5.97 Å². The zero-order valence-electron chi connectivity index (χ0n) is 7.84. The van der Waals surface area contributed by atoms with Gasteiger partial charge in [0, 0.05) is 5.56 Å². The fraction of sp³-hybridized carbons (Fsp3) is 0.300. The molecule has 0 aliphatic heterocycles. The van der Waals surface area contributed by atoms with Gasteiger partial charge in [-0.05, 0) is 18.1 Å². The lowest BCUT2D eigenvalue weighted by Gasteiger charge is -2.08. The Morgan fingerprint density at radius 2 is 1.71 bits per heavy atom. The monoisotopic (exact) mass is 200 g/mol. The number of hydrogen-bond donors (Lipinski definition) is 1. The number of carbonyl (C=O) groups is 1. The van der Waals surface area contributed by atoms with E-state index >= 15 is 0 Å². The molecule has 0 aliphatic rings. The Hall–Kier alpha value is -1.45.